The molecular weight excluding hydrogens is 393 g/mol. The first-order chi connectivity index (χ1) is 11.4. The Balaban J connectivity index is 2.26. The molecular formula is C9H13FN2O11P2. The Morgan fingerprint density at radius 1 is 1.28 bits per heavy atom. The minimum atomic E-state index is -5.01. The van der Waals surface area contributed by atoms with E-state index >= 15 is 0 Å². The maximum atomic E-state index is 13.3. The van der Waals surface area contributed by atoms with Crippen LogP contribution in [-0.4, -0.2) is 47.9 Å². The average Bonchev–Trinajstić information content (AvgIpc) is 2.80. The van der Waals surface area contributed by atoms with E-state index in [0.717, 1.165) is 0 Å². The highest BCUT2D eigenvalue weighted by atomic mass is 31.2. The molecule has 16 heteroatoms. The molecule has 1 saturated heterocycles. The van der Waals surface area contributed by atoms with Crippen molar-refractivity contribution in [3.63, 3.8) is 0 Å². The monoisotopic (exact) mass is 406 g/mol. The van der Waals surface area contributed by atoms with Crippen molar-refractivity contribution in [2.45, 2.75) is 24.9 Å². The quantitative estimate of drug-likeness (QED) is 0.346. The number of nitrogens with one attached hydrogen (secondary N) is 1. The third kappa shape index (κ3) is 5.64. The molecule has 0 saturated carbocycles. The van der Waals surface area contributed by atoms with E-state index in [9.17, 15) is 23.1 Å². The van der Waals surface area contributed by atoms with Crippen molar-refractivity contribution in [1.82, 2.24) is 9.55 Å². The molecule has 1 fully saturated rings. The second-order valence-electron chi connectivity index (χ2n) is 4.93. The van der Waals surface area contributed by atoms with Crippen molar-refractivity contribution in [2.24, 2.45) is 0 Å². The Kier molecular flexibility index (Phi) is 5.78. The van der Waals surface area contributed by atoms with Crippen molar-refractivity contribution in [3.8, 4) is 0 Å². The first kappa shape index (κ1) is 20.1. The first-order valence-electron chi connectivity index (χ1n) is 6.46. The summed E-state index contributed by atoms with van der Waals surface area (Å²) in [6.07, 6.45) is -4.04. The fraction of sp³-hybridized carbons (Fsp3) is 0.556. The van der Waals surface area contributed by atoms with Gasteiger partial charge in [0.25, 0.3) is 5.56 Å². The van der Waals surface area contributed by atoms with Crippen LogP contribution in [0.3, 0.4) is 0 Å². The predicted octanol–water partition coefficient (Wildman–Crippen LogP) is -1.45. The lowest BCUT2D eigenvalue weighted by atomic mass is 10.2. The fourth-order valence-corrected chi connectivity index (χ4v) is 3.07. The van der Waals surface area contributed by atoms with Gasteiger partial charge in [-0.1, -0.05) is 0 Å². The smallest absolute Gasteiger partial charge is 0.349 e. The van der Waals surface area contributed by atoms with Crippen LogP contribution in [0.4, 0.5) is 4.39 Å². The van der Waals surface area contributed by atoms with E-state index in [1.165, 1.54) is 0 Å². The molecule has 0 aromatic carbocycles. The van der Waals surface area contributed by atoms with E-state index in [1.807, 2.05) is 0 Å². The number of ether oxygens (including phenoxy) is 1. The molecule has 0 unspecified atom stereocenters. The van der Waals surface area contributed by atoms with E-state index in [2.05, 4.69) is 9.05 Å². The standard InChI is InChI=1S/C9H13FN2O11P2/c10-4-2-12(9(14)11-8(4)13)7-1-5(23-25(18,19)20)6(22-7)3-21-24(15,16)17/h2,5-7H,1,3H2,(H,11,13,14)(H2,15,16,17)(H2,18,19,20)/t5-,6+,7+/m0/s1. The first-order valence-corrected chi connectivity index (χ1v) is 9.52. The van der Waals surface area contributed by atoms with Crippen LogP contribution in [0.1, 0.15) is 12.6 Å². The number of rotatable bonds is 6. The maximum absolute atomic E-state index is 13.3. The molecule has 0 spiro atoms. The maximum Gasteiger partial charge on any atom is 0.469 e. The molecule has 1 aromatic heterocycles. The molecule has 0 amide bonds. The van der Waals surface area contributed by atoms with Gasteiger partial charge in [-0.3, -0.25) is 23.4 Å². The van der Waals surface area contributed by atoms with Crippen molar-refractivity contribution >= 4 is 15.6 Å². The summed E-state index contributed by atoms with van der Waals surface area (Å²) in [5, 5.41) is 0. The van der Waals surface area contributed by atoms with Crippen LogP contribution < -0.4 is 11.2 Å². The van der Waals surface area contributed by atoms with E-state index < -0.39 is 64.2 Å². The van der Waals surface area contributed by atoms with Gasteiger partial charge in [0.2, 0.25) is 5.82 Å². The Bertz CT molecular complexity index is 841. The third-order valence-corrected chi connectivity index (χ3v) is 4.13. The summed E-state index contributed by atoms with van der Waals surface area (Å²) in [5.41, 5.74) is -2.34. The lowest BCUT2D eigenvalue weighted by Gasteiger charge is -2.19. The summed E-state index contributed by atoms with van der Waals surface area (Å²) >= 11 is 0. The van der Waals surface area contributed by atoms with Crippen molar-refractivity contribution < 1.29 is 46.9 Å². The van der Waals surface area contributed by atoms with Crippen LogP contribution in [0.15, 0.2) is 15.8 Å². The van der Waals surface area contributed by atoms with Gasteiger partial charge in [-0.05, 0) is 0 Å². The zero-order valence-electron chi connectivity index (χ0n) is 12.1. The molecule has 0 radical (unpaired) electrons. The molecule has 1 aliphatic rings. The Morgan fingerprint density at radius 2 is 1.92 bits per heavy atom. The van der Waals surface area contributed by atoms with Gasteiger partial charge >= 0.3 is 21.3 Å². The molecule has 142 valence electrons. The van der Waals surface area contributed by atoms with E-state index in [1.54, 1.807) is 4.98 Å². The summed E-state index contributed by atoms with van der Waals surface area (Å²) in [6.45, 7) is -0.827. The van der Waals surface area contributed by atoms with Gasteiger partial charge in [-0.25, -0.2) is 13.9 Å². The van der Waals surface area contributed by atoms with Crippen molar-refractivity contribution in [3.05, 3.63) is 32.9 Å². The lowest BCUT2D eigenvalue weighted by molar-refractivity contribution is -0.0447. The van der Waals surface area contributed by atoms with Gasteiger partial charge < -0.3 is 24.3 Å². The van der Waals surface area contributed by atoms with Crippen LogP contribution in [0.2, 0.25) is 0 Å². The van der Waals surface area contributed by atoms with Gasteiger partial charge in [0, 0.05) is 6.42 Å². The molecule has 0 bridgehead atoms. The van der Waals surface area contributed by atoms with Gasteiger partial charge in [0.15, 0.2) is 0 Å². The highest BCUT2D eigenvalue weighted by molar-refractivity contribution is 7.46. The highest BCUT2D eigenvalue weighted by Gasteiger charge is 2.42. The summed E-state index contributed by atoms with van der Waals surface area (Å²) in [7, 11) is -9.93. The predicted molar refractivity (Wildman–Crippen MR) is 74.7 cm³/mol. The van der Waals surface area contributed by atoms with Crippen LogP contribution in [-0.2, 0) is 22.9 Å². The number of aromatic amines is 1. The van der Waals surface area contributed by atoms with Gasteiger partial charge in [0.1, 0.15) is 18.4 Å². The molecule has 5 N–H and O–H groups in total. The third-order valence-electron chi connectivity index (χ3n) is 3.09. The van der Waals surface area contributed by atoms with Gasteiger partial charge in [0.05, 0.1) is 12.8 Å². The summed E-state index contributed by atoms with van der Waals surface area (Å²) < 4.78 is 49.5. The molecule has 13 nitrogen and oxygen atoms in total. The topological polar surface area (TPSA) is 198 Å². The second-order valence-corrected chi connectivity index (χ2v) is 7.36. The fourth-order valence-electron chi connectivity index (χ4n) is 2.15. The van der Waals surface area contributed by atoms with E-state index in [0.29, 0.717) is 10.8 Å². The number of hydrogen-bond donors (Lipinski definition) is 5. The SMILES string of the molecule is O=c1[nH]c(=O)n([C@H]2C[C@H](OP(=O)(O)O)[C@@H](COP(=O)(O)O)O2)cc1F. The molecule has 1 aliphatic heterocycles. The number of aromatic nitrogens is 2. The van der Waals surface area contributed by atoms with Crippen LogP contribution in [0, 0.1) is 5.82 Å². The second kappa shape index (κ2) is 7.19. The molecule has 2 heterocycles. The van der Waals surface area contributed by atoms with Crippen LogP contribution in [0.5, 0.6) is 0 Å². The van der Waals surface area contributed by atoms with Crippen molar-refractivity contribution in [2.75, 3.05) is 6.61 Å². The molecule has 3 atom stereocenters. The summed E-state index contributed by atoms with van der Waals surface area (Å²) in [6, 6.07) is 0. The van der Waals surface area contributed by atoms with Gasteiger partial charge in [-0.2, -0.15) is 4.39 Å². The minimum Gasteiger partial charge on any atom is -0.349 e. The Hall–Kier alpha value is -1.21. The van der Waals surface area contributed by atoms with Crippen molar-refractivity contribution in [1.29, 1.82) is 0 Å². The number of nitrogens with zero attached hydrogens (tertiary/aromatic N) is 1. The summed E-state index contributed by atoms with van der Waals surface area (Å²) in [4.78, 5) is 59.5. The molecule has 2 rings (SSSR count). The largest absolute Gasteiger partial charge is 0.469 e. The number of hydrogen-bond acceptors (Lipinski definition) is 7. The zero-order valence-corrected chi connectivity index (χ0v) is 13.9. The van der Waals surface area contributed by atoms with E-state index in [4.69, 9.17) is 24.3 Å². The van der Waals surface area contributed by atoms with E-state index in [-0.39, 0.29) is 0 Å². The minimum absolute atomic E-state index is 0.397. The zero-order chi connectivity index (χ0) is 19.0. The normalized spacial score (nSPS) is 24.6. The molecule has 0 aliphatic carbocycles. The highest BCUT2D eigenvalue weighted by Crippen LogP contribution is 2.44. The lowest BCUT2D eigenvalue weighted by Crippen LogP contribution is -2.34. The number of H-pyrrole nitrogens is 1. The van der Waals surface area contributed by atoms with Crippen LogP contribution in [0.25, 0.3) is 0 Å². The number of phosphoric ester groups is 2. The van der Waals surface area contributed by atoms with Crippen LogP contribution >= 0.6 is 15.6 Å². The molecule has 25 heavy (non-hydrogen) atoms. The summed E-state index contributed by atoms with van der Waals surface area (Å²) in [5.74, 6) is -1.31. The van der Waals surface area contributed by atoms with Gasteiger partial charge in [-0.15, -0.1) is 0 Å². The number of phosphoric acid groups is 2. The number of halogens is 1. The Morgan fingerprint density at radius 3 is 2.48 bits per heavy atom. The average molecular weight is 406 g/mol. The molecule has 1 aromatic rings. The Labute approximate surface area is 137 Å².